The van der Waals surface area contributed by atoms with Crippen LogP contribution in [0.5, 0.6) is 0 Å². The number of hydrogen-bond donors (Lipinski definition) is 1. The number of nitrogens with one attached hydrogen (secondary N) is 1. The molecule has 2 aliphatic heterocycles. The standard InChI is InChI=1S/C22H22FN3O3/c1-13-9-15(14-3-5-16(23)6-4-14)11-26(13)12-20(27)24-17-7-8-18-19(10-17)22(29)25(2)21(18)28/h3-8,10,13,15H,9,11-12H2,1-2H3,(H,24,27). The first-order valence-electron chi connectivity index (χ1n) is 9.59. The zero-order valence-corrected chi connectivity index (χ0v) is 16.3. The average Bonchev–Trinajstić information content (AvgIpc) is 3.15. The monoisotopic (exact) mass is 395 g/mol. The van der Waals surface area contributed by atoms with Crippen LogP contribution in [-0.2, 0) is 4.79 Å². The summed E-state index contributed by atoms with van der Waals surface area (Å²) in [6, 6.07) is 11.5. The number of imide groups is 1. The third kappa shape index (κ3) is 3.65. The normalized spacial score (nSPS) is 21.6. The van der Waals surface area contributed by atoms with Crippen LogP contribution in [0, 0.1) is 5.82 Å². The molecule has 2 aromatic rings. The molecule has 2 aliphatic rings. The molecule has 3 amide bonds. The number of carbonyl (C=O) groups excluding carboxylic acids is 3. The molecule has 4 rings (SSSR count). The van der Waals surface area contributed by atoms with Gasteiger partial charge in [-0.15, -0.1) is 0 Å². The van der Waals surface area contributed by atoms with E-state index in [0.29, 0.717) is 16.8 Å². The Kier molecular flexibility index (Phi) is 4.92. The molecule has 2 heterocycles. The molecule has 1 saturated heterocycles. The fourth-order valence-corrected chi connectivity index (χ4v) is 4.12. The van der Waals surface area contributed by atoms with Gasteiger partial charge >= 0.3 is 0 Å². The van der Waals surface area contributed by atoms with Crippen molar-refractivity contribution in [2.24, 2.45) is 0 Å². The number of benzene rings is 2. The maximum Gasteiger partial charge on any atom is 0.261 e. The molecule has 6 nitrogen and oxygen atoms in total. The quantitative estimate of drug-likeness (QED) is 0.809. The lowest BCUT2D eigenvalue weighted by Crippen LogP contribution is -2.35. The zero-order valence-electron chi connectivity index (χ0n) is 16.3. The van der Waals surface area contributed by atoms with E-state index in [9.17, 15) is 18.8 Å². The van der Waals surface area contributed by atoms with Crippen LogP contribution in [0.3, 0.4) is 0 Å². The van der Waals surface area contributed by atoms with E-state index >= 15 is 0 Å². The molecule has 29 heavy (non-hydrogen) atoms. The van der Waals surface area contributed by atoms with Gasteiger partial charge in [0.1, 0.15) is 5.82 Å². The molecule has 2 atom stereocenters. The number of halogens is 1. The topological polar surface area (TPSA) is 69.7 Å². The van der Waals surface area contributed by atoms with Gasteiger partial charge in [0.15, 0.2) is 0 Å². The molecular weight excluding hydrogens is 373 g/mol. The number of carbonyl (C=O) groups is 3. The molecule has 0 radical (unpaired) electrons. The van der Waals surface area contributed by atoms with Crippen LogP contribution < -0.4 is 5.32 Å². The Balaban J connectivity index is 1.40. The number of amides is 3. The summed E-state index contributed by atoms with van der Waals surface area (Å²) in [5, 5.41) is 2.82. The lowest BCUT2D eigenvalue weighted by Gasteiger charge is -2.20. The zero-order chi connectivity index (χ0) is 20.7. The number of nitrogens with zero attached hydrogens (tertiary/aromatic N) is 2. The van der Waals surface area contributed by atoms with Crippen LogP contribution in [0.25, 0.3) is 0 Å². The summed E-state index contributed by atoms with van der Waals surface area (Å²) in [4.78, 5) is 39.8. The van der Waals surface area contributed by atoms with Gasteiger partial charge in [-0.05, 0) is 55.2 Å². The molecule has 0 aromatic heterocycles. The number of likely N-dealkylation sites (tertiary alicyclic amines) is 1. The maximum atomic E-state index is 13.2. The lowest BCUT2D eigenvalue weighted by molar-refractivity contribution is -0.117. The predicted molar refractivity (Wildman–Crippen MR) is 106 cm³/mol. The average molecular weight is 395 g/mol. The number of hydrogen-bond acceptors (Lipinski definition) is 4. The fourth-order valence-electron chi connectivity index (χ4n) is 4.12. The second kappa shape index (κ2) is 7.40. The van der Waals surface area contributed by atoms with Gasteiger partial charge in [-0.3, -0.25) is 24.2 Å². The van der Waals surface area contributed by atoms with Gasteiger partial charge in [0.05, 0.1) is 17.7 Å². The van der Waals surface area contributed by atoms with Crippen molar-refractivity contribution in [2.75, 3.05) is 25.5 Å². The molecule has 0 aliphatic carbocycles. The van der Waals surface area contributed by atoms with Gasteiger partial charge in [-0.1, -0.05) is 12.1 Å². The Morgan fingerprint density at radius 1 is 1.10 bits per heavy atom. The molecule has 150 valence electrons. The second-order valence-electron chi connectivity index (χ2n) is 7.74. The summed E-state index contributed by atoms with van der Waals surface area (Å²) < 4.78 is 13.2. The molecule has 7 heteroatoms. The van der Waals surface area contributed by atoms with Gasteiger partial charge in [-0.2, -0.15) is 0 Å². The molecule has 2 aromatic carbocycles. The molecular formula is C22H22FN3O3. The van der Waals surface area contributed by atoms with Crippen LogP contribution in [0.4, 0.5) is 10.1 Å². The van der Waals surface area contributed by atoms with E-state index in [1.807, 2.05) is 0 Å². The maximum absolute atomic E-state index is 13.2. The SMILES string of the molecule is CC1CC(c2ccc(F)cc2)CN1CC(=O)Nc1ccc2c(c1)C(=O)N(C)C2=O. The minimum Gasteiger partial charge on any atom is -0.325 e. The first-order valence-corrected chi connectivity index (χ1v) is 9.59. The highest BCUT2D eigenvalue weighted by atomic mass is 19.1. The lowest BCUT2D eigenvalue weighted by atomic mass is 9.97. The first-order chi connectivity index (χ1) is 13.8. The number of rotatable bonds is 4. The summed E-state index contributed by atoms with van der Waals surface area (Å²) in [6.07, 6.45) is 0.903. The van der Waals surface area contributed by atoms with E-state index in [1.165, 1.54) is 19.2 Å². The van der Waals surface area contributed by atoms with Gasteiger partial charge in [0.2, 0.25) is 5.91 Å². The smallest absolute Gasteiger partial charge is 0.261 e. The molecule has 0 bridgehead atoms. The Labute approximate surface area is 168 Å². The van der Waals surface area contributed by atoms with E-state index in [-0.39, 0.29) is 42.0 Å². The highest BCUT2D eigenvalue weighted by molar-refractivity contribution is 6.21. The van der Waals surface area contributed by atoms with E-state index in [2.05, 4.69) is 17.1 Å². The summed E-state index contributed by atoms with van der Waals surface area (Å²) in [7, 11) is 1.44. The fraction of sp³-hybridized carbons (Fsp3) is 0.318. The minimum absolute atomic E-state index is 0.179. The highest BCUT2D eigenvalue weighted by Gasteiger charge is 2.33. The first kappa shape index (κ1) is 19.3. The Bertz CT molecular complexity index is 989. The van der Waals surface area contributed by atoms with Crippen LogP contribution in [0.1, 0.15) is 45.5 Å². The van der Waals surface area contributed by atoms with Crippen LogP contribution in [0.2, 0.25) is 0 Å². The largest absolute Gasteiger partial charge is 0.325 e. The van der Waals surface area contributed by atoms with E-state index in [4.69, 9.17) is 0 Å². The Morgan fingerprint density at radius 2 is 1.79 bits per heavy atom. The Hall–Kier alpha value is -3.06. The third-order valence-electron chi connectivity index (χ3n) is 5.77. The predicted octanol–water partition coefficient (Wildman–Crippen LogP) is 2.87. The van der Waals surface area contributed by atoms with Crippen LogP contribution in [-0.4, -0.2) is 53.7 Å². The number of fused-ring (bicyclic) bond motifs is 1. The molecule has 0 spiro atoms. The van der Waals surface area contributed by atoms with Crippen molar-refractivity contribution in [2.45, 2.75) is 25.3 Å². The van der Waals surface area contributed by atoms with Crippen molar-refractivity contribution >= 4 is 23.4 Å². The van der Waals surface area contributed by atoms with Crippen LogP contribution in [0.15, 0.2) is 42.5 Å². The van der Waals surface area contributed by atoms with Gasteiger partial charge in [-0.25, -0.2) is 4.39 Å². The van der Waals surface area contributed by atoms with Crippen molar-refractivity contribution < 1.29 is 18.8 Å². The van der Waals surface area contributed by atoms with Crippen molar-refractivity contribution in [3.63, 3.8) is 0 Å². The Morgan fingerprint density at radius 3 is 2.52 bits per heavy atom. The van der Waals surface area contributed by atoms with Crippen LogP contribution >= 0.6 is 0 Å². The summed E-state index contributed by atoms with van der Waals surface area (Å²) in [6.45, 7) is 3.03. The minimum atomic E-state index is -0.364. The summed E-state index contributed by atoms with van der Waals surface area (Å²) in [5.41, 5.74) is 2.23. The van der Waals surface area contributed by atoms with Gasteiger partial charge < -0.3 is 5.32 Å². The second-order valence-corrected chi connectivity index (χ2v) is 7.74. The number of anilines is 1. The van der Waals surface area contributed by atoms with Crippen molar-refractivity contribution in [1.29, 1.82) is 0 Å². The van der Waals surface area contributed by atoms with E-state index in [0.717, 1.165) is 23.4 Å². The van der Waals surface area contributed by atoms with Crippen molar-refractivity contribution in [3.8, 4) is 0 Å². The van der Waals surface area contributed by atoms with Crippen molar-refractivity contribution in [3.05, 3.63) is 65.0 Å². The molecule has 1 N–H and O–H groups in total. The van der Waals surface area contributed by atoms with E-state index < -0.39 is 0 Å². The van der Waals surface area contributed by atoms with Gasteiger partial charge in [0, 0.05) is 25.3 Å². The summed E-state index contributed by atoms with van der Waals surface area (Å²) in [5.74, 6) is -0.868. The van der Waals surface area contributed by atoms with E-state index in [1.54, 1.807) is 30.3 Å². The summed E-state index contributed by atoms with van der Waals surface area (Å²) >= 11 is 0. The molecule has 2 unspecified atom stereocenters. The highest BCUT2D eigenvalue weighted by Crippen LogP contribution is 2.31. The third-order valence-corrected chi connectivity index (χ3v) is 5.77. The van der Waals surface area contributed by atoms with Crippen molar-refractivity contribution in [1.82, 2.24) is 9.80 Å². The molecule has 1 fully saturated rings. The van der Waals surface area contributed by atoms with Gasteiger partial charge in [0.25, 0.3) is 11.8 Å². The molecule has 0 saturated carbocycles.